The van der Waals surface area contributed by atoms with E-state index in [-0.39, 0.29) is 34.5 Å². The molecule has 1 atom stereocenters. The Morgan fingerprint density at radius 3 is 2.49 bits per heavy atom. The number of carbonyl (C=O) groups excluding carboxylic acids is 1. The second-order valence-electron chi connectivity index (χ2n) is 12.3. The predicted octanol–water partition coefficient (Wildman–Crippen LogP) is 4.77. The molecule has 4 rings (SSSR count). The van der Waals surface area contributed by atoms with Gasteiger partial charge in [-0.25, -0.2) is 14.2 Å². The summed E-state index contributed by atoms with van der Waals surface area (Å²) >= 11 is 0. The van der Waals surface area contributed by atoms with Crippen molar-refractivity contribution >= 4 is 28.7 Å². The van der Waals surface area contributed by atoms with Crippen LogP contribution in [0.4, 0.5) is 14.9 Å². The van der Waals surface area contributed by atoms with Gasteiger partial charge in [-0.15, -0.1) is 0 Å². The van der Waals surface area contributed by atoms with Crippen molar-refractivity contribution in [3.05, 3.63) is 52.6 Å². The van der Waals surface area contributed by atoms with Gasteiger partial charge in [0, 0.05) is 36.9 Å². The van der Waals surface area contributed by atoms with E-state index in [1.165, 1.54) is 25.3 Å². The lowest BCUT2D eigenvalue weighted by Crippen LogP contribution is -2.46. The van der Waals surface area contributed by atoms with Crippen LogP contribution in [0.3, 0.4) is 0 Å². The number of anilines is 1. The molecule has 0 unspecified atom stereocenters. The van der Waals surface area contributed by atoms with Crippen LogP contribution in [0.25, 0.3) is 22.3 Å². The third-order valence-electron chi connectivity index (χ3n) is 6.87. The average molecular weight is 569 g/mol. The number of benzene rings is 2. The Hall–Kier alpha value is -4.15. The van der Waals surface area contributed by atoms with Crippen molar-refractivity contribution in [1.82, 2.24) is 14.5 Å². The van der Waals surface area contributed by atoms with Gasteiger partial charge in [0.15, 0.2) is 11.6 Å². The van der Waals surface area contributed by atoms with Gasteiger partial charge in [-0.2, -0.15) is 0 Å². The standard InChI is InChI=1S/C30H37FN4O6/c1-18-14-33(16-30(5,6)17-35(18)28(39)41-29(2,3)4)20-9-11-23-21(13-20)27(38)34(15-25(36)37)26(32-23)19-8-10-22(31)24(12-19)40-7/h8-13,18H,14-17H2,1-7H3,(H,36,37)/t18-/m0/s1. The number of fused-ring (bicyclic) bond motifs is 1. The van der Waals surface area contributed by atoms with Gasteiger partial charge >= 0.3 is 12.1 Å². The third-order valence-corrected chi connectivity index (χ3v) is 6.87. The molecule has 2 heterocycles. The lowest BCUT2D eigenvalue weighted by Gasteiger charge is -2.33. The number of carboxylic acids is 1. The molecule has 0 aliphatic carbocycles. The summed E-state index contributed by atoms with van der Waals surface area (Å²) in [7, 11) is 1.32. The number of hydrogen-bond acceptors (Lipinski definition) is 7. The summed E-state index contributed by atoms with van der Waals surface area (Å²) in [6, 6.07) is 9.10. The van der Waals surface area contributed by atoms with Crippen LogP contribution < -0.4 is 15.2 Å². The van der Waals surface area contributed by atoms with Gasteiger partial charge < -0.3 is 24.4 Å². The fourth-order valence-electron chi connectivity index (χ4n) is 5.13. The van der Waals surface area contributed by atoms with Crippen LogP contribution in [0.15, 0.2) is 41.2 Å². The maximum absolute atomic E-state index is 14.1. The third kappa shape index (κ3) is 6.61. The first-order chi connectivity index (χ1) is 19.1. The normalized spacial score (nSPS) is 17.3. The van der Waals surface area contributed by atoms with E-state index < -0.39 is 29.5 Å². The molecule has 2 aromatic carbocycles. The molecular formula is C30H37FN4O6. The highest BCUT2D eigenvalue weighted by atomic mass is 19.1. The molecule has 1 N–H and O–H groups in total. The second-order valence-corrected chi connectivity index (χ2v) is 12.3. The van der Waals surface area contributed by atoms with Gasteiger partial charge in [0.2, 0.25) is 0 Å². The van der Waals surface area contributed by atoms with E-state index in [4.69, 9.17) is 9.47 Å². The summed E-state index contributed by atoms with van der Waals surface area (Å²) in [6.45, 7) is 12.6. The van der Waals surface area contributed by atoms with Crippen LogP contribution in [0, 0.1) is 11.2 Å². The molecule has 1 aliphatic rings. The zero-order chi connectivity index (χ0) is 30.3. The Morgan fingerprint density at radius 1 is 1.15 bits per heavy atom. The second kappa shape index (κ2) is 11.0. The van der Waals surface area contributed by atoms with E-state index in [1.807, 2.05) is 33.8 Å². The van der Waals surface area contributed by atoms with Crippen LogP contribution in [-0.4, -0.2) is 70.0 Å². The molecule has 0 bridgehead atoms. The van der Waals surface area contributed by atoms with Gasteiger partial charge in [-0.1, -0.05) is 13.8 Å². The average Bonchev–Trinajstić information content (AvgIpc) is 2.99. The summed E-state index contributed by atoms with van der Waals surface area (Å²) in [5.74, 6) is -1.76. The number of aromatic nitrogens is 2. The van der Waals surface area contributed by atoms with Crippen LogP contribution in [0.5, 0.6) is 5.75 Å². The summed E-state index contributed by atoms with van der Waals surface area (Å²) in [4.78, 5) is 46.9. The minimum Gasteiger partial charge on any atom is -0.494 e. The zero-order valence-corrected chi connectivity index (χ0v) is 24.5. The number of hydrogen-bond donors (Lipinski definition) is 1. The smallest absolute Gasteiger partial charge is 0.410 e. The predicted molar refractivity (Wildman–Crippen MR) is 154 cm³/mol. The van der Waals surface area contributed by atoms with Crippen molar-refractivity contribution in [3.63, 3.8) is 0 Å². The maximum Gasteiger partial charge on any atom is 0.410 e. The molecule has 1 aliphatic heterocycles. The Kier molecular flexibility index (Phi) is 8.02. The van der Waals surface area contributed by atoms with E-state index in [9.17, 15) is 23.9 Å². The number of methoxy groups -OCH3 is 1. The number of halogens is 1. The van der Waals surface area contributed by atoms with Gasteiger partial charge in [-0.05, 0) is 69.5 Å². The Labute approximate surface area is 238 Å². The van der Waals surface area contributed by atoms with E-state index in [0.29, 0.717) is 30.7 Å². The Bertz CT molecular complexity index is 1540. The van der Waals surface area contributed by atoms with Crippen molar-refractivity contribution in [2.75, 3.05) is 31.6 Å². The minimum atomic E-state index is -1.22. The molecule has 0 spiro atoms. The van der Waals surface area contributed by atoms with Crippen LogP contribution in [0.1, 0.15) is 41.5 Å². The monoisotopic (exact) mass is 568 g/mol. The first kappa shape index (κ1) is 29.8. The molecule has 11 heteroatoms. The lowest BCUT2D eigenvalue weighted by atomic mass is 9.92. The highest BCUT2D eigenvalue weighted by molar-refractivity contribution is 5.84. The molecule has 41 heavy (non-hydrogen) atoms. The number of carboxylic acid groups (broad SMARTS) is 1. The van der Waals surface area contributed by atoms with Gasteiger partial charge in [0.1, 0.15) is 18.0 Å². The molecule has 1 saturated heterocycles. The lowest BCUT2D eigenvalue weighted by molar-refractivity contribution is -0.137. The van der Waals surface area contributed by atoms with Crippen molar-refractivity contribution in [2.24, 2.45) is 5.41 Å². The van der Waals surface area contributed by atoms with Crippen molar-refractivity contribution < 1.29 is 28.6 Å². The molecule has 3 aromatic rings. The molecule has 220 valence electrons. The number of rotatable bonds is 5. The summed E-state index contributed by atoms with van der Waals surface area (Å²) in [6.07, 6.45) is -0.371. The van der Waals surface area contributed by atoms with E-state index in [1.54, 1.807) is 17.0 Å². The first-order valence-electron chi connectivity index (χ1n) is 13.4. The number of aliphatic carboxylic acids is 1. The van der Waals surface area contributed by atoms with E-state index in [2.05, 4.69) is 23.7 Å². The van der Waals surface area contributed by atoms with Gasteiger partial charge in [0.25, 0.3) is 5.56 Å². The summed E-state index contributed by atoms with van der Waals surface area (Å²) in [5.41, 5.74) is 0.0141. The minimum absolute atomic E-state index is 0.0487. The SMILES string of the molecule is COc1cc(-c2nc3ccc(N4C[C@H](C)N(C(=O)OC(C)(C)C)CC(C)(C)C4)cc3c(=O)n2CC(=O)O)ccc1F. The van der Waals surface area contributed by atoms with Crippen LogP contribution >= 0.6 is 0 Å². The summed E-state index contributed by atoms with van der Waals surface area (Å²) in [5, 5.41) is 9.82. The van der Waals surface area contributed by atoms with Gasteiger partial charge in [-0.3, -0.25) is 14.2 Å². The zero-order valence-electron chi connectivity index (χ0n) is 24.5. The molecule has 0 saturated carbocycles. The van der Waals surface area contributed by atoms with Crippen molar-refractivity contribution in [2.45, 2.75) is 59.7 Å². The summed E-state index contributed by atoms with van der Waals surface area (Å²) < 4.78 is 25.9. The number of nitrogens with zero attached hydrogens (tertiary/aromatic N) is 4. The van der Waals surface area contributed by atoms with Crippen molar-refractivity contribution in [3.8, 4) is 17.1 Å². The van der Waals surface area contributed by atoms with E-state index >= 15 is 0 Å². The van der Waals surface area contributed by atoms with E-state index in [0.717, 1.165) is 10.3 Å². The maximum atomic E-state index is 14.1. The quantitative estimate of drug-likeness (QED) is 0.468. The highest BCUT2D eigenvalue weighted by Crippen LogP contribution is 2.31. The number of ether oxygens (including phenoxy) is 2. The van der Waals surface area contributed by atoms with Gasteiger partial charge in [0.05, 0.1) is 18.0 Å². The molecule has 1 aromatic heterocycles. The molecule has 1 fully saturated rings. The van der Waals surface area contributed by atoms with Crippen molar-refractivity contribution in [1.29, 1.82) is 0 Å². The van der Waals surface area contributed by atoms with Crippen LogP contribution in [-0.2, 0) is 16.1 Å². The molecule has 0 radical (unpaired) electrons. The molecular weight excluding hydrogens is 531 g/mol. The highest BCUT2D eigenvalue weighted by Gasteiger charge is 2.37. The Balaban J connectivity index is 1.77. The first-order valence-corrected chi connectivity index (χ1v) is 13.4. The van der Waals surface area contributed by atoms with Crippen LogP contribution in [0.2, 0.25) is 0 Å². The molecule has 1 amide bonds. The largest absolute Gasteiger partial charge is 0.494 e. The number of carbonyl (C=O) groups is 2. The Morgan fingerprint density at radius 2 is 1.85 bits per heavy atom. The topological polar surface area (TPSA) is 114 Å². The molecule has 10 nitrogen and oxygen atoms in total. The number of amides is 1. The fourth-order valence-corrected chi connectivity index (χ4v) is 5.13. The fraction of sp³-hybridized carbons (Fsp3) is 0.467.